The topological polar surface area (TPSA) is 90.9 Å². The third-order valence-corrected chi connectivity index (χ3v) is 3.43. The van der Waals surface area contributed by atoms with Crippen LogP contribution in [0.25, 0.3) is 0 Å². The molecular formula is C14H27N3O4S. The molecule has 0 saturated heterocycles. The number of rotatable bonds is 10. The summed E-state index contributed by atoms with van der Waals surface area (Å²) in [5, 5.41) is 15.6. The monoisotopic (exact) mass is 333 g/mol. The van der Waals surface area contributed by atoms with E-state index >= 15 is 0 Å². The summed E-state index contributed by atoms with van der Waals surface area (Å²) < 4.78 is 4.89. The lowest BCUT2D eigenvalue weighted by Gasteiger charge is -2.27. The average Bonchev–Trinajstić information content (AvgIpc) is 2.42. The van der Waals surface area contributed by atoms with Crippen LogP contribution in [0.2, 0.25) is 0 Å². The molecule has 1 amide bonds. The van der Waals surface area contributed by atoms with Gasteiger partial charge in [-0.3, -0.25) is 4.79 Å². The van der Waals surface area contributed by atoms with E-state index in [0.29, 0.717) is 31.2 Å². The van der Waals surface area contributed by atoms with Crippen molar-refractivity contribution in [2.45, 2.75) is 32.7 Å². The largest absolute Gasteiger partial charge is 0.480 e. The minimum absolute atomic E-state index is 0.137. The predicted molar refractivity (Wildman–Crippen MR) is 88.7 cm³/mol. The number of thiocarbonyl (C=S) groups is 1. The summed E-state index contributed by atoms with van der Waals surface area (Å²) in [4.78, 5) is 24.5. The maximum atomic E-state index is 12.0. The fourth-order valence-electron chi connectivity index (χ4n) is 2.00. The van der Waals surface area contributed by atoms with E-state index in [-0.39, 0.29) is 18.2 Å². The number of carbonyl (C=O) groups excluding carboxylic acids is 1. The van der Waals surface area contributed by atoms with Crippen molar-refractivity contribution in [2.75, 3.05) is 33.9 Å². The Kier molecular flexibility index (Phi) is 10.5. The van der Waals surface area contributed by atoms with E-state index < -0.39 is 12.0 Å². The van der Waals surface area contributed by atoms with Crippen LogP contribution in [0.5, 0.6) is 0 Å². The first-order valence-electron chi connectivity index (χ1n) is 7.30. The Morgan fingerprint density at radius 3 is 2.36 bits per heavy atom. The molecule has 1 atom stereocenters. The third-order valence-electron chi connectivity index (χ3n) is 3.14. The summed E-state index contributed by atoms with van der Waals surface area (Å²) >= 11 is 5.06. The quantitative estimate of drug-likeness (QED) is 0.395. The summed E-state index contributed by atoms with van der Waals surface area (Å²) in [6.45, 7) is 5.32. The van der Waals surface area contributed by atoms with E-state index in [1.165, 1.54) is 11.9 Å². The summed E-state index contributed by atoms with van der Waals surface area (Å²) in [6.07, 6.45) is 0.861. The number of methoxy groups -OCH3 is 1. The molecule has 0 rings (SSSR count). The van der Waals surface area contributed by atoms with Crippen LogP contribution in [0.15, 0.2) is 0 Å². The van der Waals surface area contributed by atoms with Crippen molar-refractivity contribution in [3.63, 3.8) is 0 Å². The number of aliphatic carboxylic acids is 1. The highest BCUT2D eigenvalue weighted by atomic mass is 32.1. The van der Waals surface area contributed by atoms with Crippen LogP contribution in [0.4, 0.5) is 0 Å². The van der Waals surface area contributed by atoms with Crippen LogP contribution in [0.3, 0.4) is 0 Å². The molecule has 0 aromatic heterocycles. The molecule has 0 aromatic rings. The van der Waals surface area contributed by atoms with Gasteiger partial charge >= 0.3 is 5.97 Å². The minimum Gasteiger partial charge on any atom is -0.480 e. The van der Waals surface area contributed by atoms with E-state index in [9.17, 15) is 9.59 Å². The summed E-state index contributed by atoms with van der Waals surface area (Å²) in [6, 6.07) is -0.794. The number of ether oxygens (including phenoxy) is 1. The Balaban J connectivity index is 4.03. The molecule has 0 unspecified atom stereocenters. The number of carbonyl (C=O) groups is 2. The fourth-order valence-corrected chi connectivity index (χ4v) is 2.20. The minimum atomic E-state index is -0.979. The van der Waals surface area contributed by atoms with Crippen LogP contribution < -0.4 is 10.6 Å². The maximum absolute atomic E-state index is 12.0. The lowest BCUT2D eigenvalue weighted by atomic mass is 10.0. The average molecular weight is 333 g/mol. The Bertz CT molecular complexity index is 377. The highest BCUT2D eigenvalue weighted by molar-refractivity contribution is 7.80. The Hall–Kier alpha value is -1.41. The van der Waals surface area contributed by atoms with Gasteiger partial charge in [-0.25, -0.2) is 4.79 Å². The zero-order valence-electron chi connectivity index (χ0n) is 13.7. The lowest BCUT2D eigenvalue weighted by molar-refractivity contribution is -0.151. The molecule has 8 heteroatoms. The number of hydrogen-bond donors (Lipinski definition) is 3. The van der Waals surface area contributed by atoms with Gasteiger partial charge in [0.05, 0.1) is 6.61 Å². The number of amides is 1. The molecule has 0 aliphatic heterocycles. The van der Waals surface area contributed by atoms with Crippen LogP contribution in [-0.4, -0.2) is 66.9 Å². The summed E-state index contributed by atoms with van der Waals surface area (Å²) in [7, 11) is 3.15. The molecule has 0 aliphatic rings. The molecule has 0 spiro atoms. The molecule has 7 nitrogen and oxygen atoms in total. The highest BCUT2D eigenvalue weighted by Crippen LogP contribution is 2.11. The first-order valence-corrected chi connectivity index (χ1v) is 7.71. The lowest BCUT2D eigenvalue weighted by Crippen LogP contribution is -2.45. The van der Waals surface area contributed by atoms with Crippen LogP contribution >= 0.6 is 12.2 Å². The molecule has 0 fully saturated rings. The van der Waals surface area contributed by atoms with Crippen molar-refractivity contribution in [1.82, 2.24) is 15.5 Å². The second-order valence-electron chi connectivity index (χ2n) is 5.31. The van der Waals surface area contributed by atoms with Crippen LogP contribution in [-0.2, 0) is 14.3 Å². The standard InChI is InChI=1S/C14H27N3O4S/c1-10(2)12(13(19)20)17(3)11(18)6-5-7-15-14(22)16-8-9-21-4/h10,12H,5-9H2,1-4H3,(H,19,20)(H2,15,16,22)/t12-/m0/s1. The molecule has 128 valence electrons. The van der Waals surface area contributed by atoms with Gasteiger partial charge in [0.2, 0.25) is 5.91 Å². The zero-order chi connectivity index (χ0) is 17.1. The van der Waals surface area contributed by atoms with Crippen molar-refractivity contribution >= 4 is 29.2 Å². The number of carboxylic acid groups (broad SMARTS) is 1. The number of hydrogen-bond acceptors (Lipinski definition) is 4. The first kappa shape index (κ1) is 20.6. The maximum Gasteiger partial charge on any atom is 0.326 e. The van der Waals surface area contributed by atoms with Gasteiger partial charge in [0.25, 0.3) is 0 Å². The third kappa shape index (κ3) is 8.14. The normalized spacial score (nSPS) is 11.9. The van der Waals surface area contributed by atoms with Gasteiger partial charge in [0.1, 0.15) is 6.04 Å². The van der Waals surface area contributed by atoms with Gasteiger partial charge in [-0.15, -0.1) is 0 Å². The molecule has 0 radical (unpaired) electrons. The van der Waals surface area contributed by atoms with Gasteiger partial charge in [-0.2, -0.15) is 0 Å². The molecule has 0 bridgehead atoms. The van der Waals surface area contributed by atoms with Crippen molar-refractivity contribution in [2.24, 2.45) is 5.92 Å². The molecule has 0 aliphatic carbocycles. The number of likely N-dealkylation sites (N-methyl/N-ethyl adjacent to an activating group) is 1. The van der Waals surface area contributed by atoms with Crippen LogP contribution in [0.1, 0.15) is 26.7 Å². The van der Waals surface area contributed by atoms with E-state index in [4.69, 9.17) is 22.1 Å². The van der Waals surface area contributed by atoms with Gasteiger partial charge < -0.3 is 25.4 Å². The summed E-state index contributed by atoms with van der Waals surface area (Å²) in [5.74, 6) is -1.30. The Morgan fingerprint density at radius 1 is 1.27 bits per heavy atom. The van der Waals surface area contributed by atoms with E-state index in [1.807, 2.05) is 0 Å². The zero-order valence-corrected chi connectivity index (χ0v) is 14.5. The number of nitrogens with one attached hydrogen (secondary N) is 2. The smallest absolute Gasteiger partial charge is 0.326 e. The van der Waals surface area contributed by atoms with Gasteiger partial charge in [-0.05, 0) is 24.6 Å². The Morgan fingerprint density at radius 2 is 1.86 bits per heavy atom. The summed E-state index contributed by atoms with van der Waals surface area (Å²) in [5.41, 5.74) is 0. The number of carboxylic acids is 1. The molecule has 3 N–H and O–H groups in total. The fraction of sp³-hybridized carbons (Fsp3) is 0.786. The van der Waals surface area contributed by atoms with E-state index in [0.717, 1.165) is 0 Å². The van der Waals surface area contributed by atoms with Crippen molar-refractivity contribution in [3.05, 3.63) is 0 Å². The van der Waals surface area contributed by atoms with Gasteiger partial charge in [0, 0.05) is 33.7 Å². The van der Waals surface area contributed by atoms with E-state index in [2.05, 4.69) is 10.6 Å². The molecule has 22 heavy (non-hydrogen) atoms. The van der Waals surface area contributed by atoms with Crippen LogP contribution in [0, 0.1) is 5.92 Å². The molecular weight excluding hydrogens is 306 g/mol. The first-order chi connectivity index (χ1) is 10.3. The van der Waals surface area contributed by atoms with Crippen molar-refractivity contribution in [3.8, 4) is 0 Å². The molecule has 0 heterocycles. The second-order valence-corrected chi connectivity index (χ2v) is 5.72. The van der Waals surface area contributed by atoms with Crippen molar-refractivity contribution in [1.29, 1.82) is 0 Å². The molecule has 0 aromatic carbocycles. The molecule has 0 saturated carbocycles. The second kappa shape index (κ2) is 11.2. The number of nitrogens with zero attached hydrogens (tertiary/aromatic N) is 1. The van der Waals surface area contributed by atoms with Gasteiger partial charge in [-0.1, -0.05) is 13.8 Å². The van der Waals surface area contributed by atoms with E-state index in [1.54, 1.807) is 21.0 Å². The SMILES string of the molecule is COCCNC(=S)NCCCC(=O)N(C)[C@H](C(=O)O)C(C)C. The van der Waals surface area contributed by atoms with Crippen molar-refractivity contribution < 1.29 is 19.4 Å². The van der Waals surface area contributed by atoms with Gasteiger partial charge in [0.15, 0.2) is 5.11 Å². The Labute approximate surface area is 137 Å². The highest BCUT2D eigenvalue weighted by Gasteiger charge is 2.28. The predicted octanol–water partition coefficient (Wildman–Crippen LogP) is 0.445.